The van der Waals surface area contributed by atoms with Crippen molar-refractivity contribution in [2.24, 2.45) is 5.92 Å². The summed E-state index contributed by atoms with van der Waals surface area (Å²) < 4.78 is 5.19. The van der Waals surface area contributed by atoms with E-state index in [0.29, 0.717) is 18.1 Å². The summed E-state index contributed by atoms with van der Waals surface area (Å²) in [6.07, 6.45) is 3.45. The molecular weight excluding hydrogens is 462 g/mol. The maximum absolute atomic E-state index is 12.6. The van der Waals surface area contributed by atoms with Gasteiger partial charge in [0.15, 0.2) is 0 Å². The molecule has 0 unspecified atom stereocenters. The van der Waals surface area contributed by atoms with Crippen molar-refractivity contribution in [1.29, 1.82) is 0 Å². The Bertz CT molecular complexity index is 1050. The molecule has 0 saturated carbocycles. The van der Waals surface area contributed by atoms with E-state index in [0.717, 1.165) is 56.3 Å². The monoisotopic (exact) mass is 495 g/mol. The van der Waals surface area contributed by atoms with Crippen LogP contribution in [0.15, 0.2) is 60.7 Å². The summed E-state index contributed by atoms with van der Waals surface area (Å²) in [5.74, 6) is -0.808. The van der Waals surface area contributed by atoms with Gasteiger partial charge in [-0.2, -0.15) is 0 Å². The summed E-state index contributed by atoms with van der Waals surface area (Å²) in [7, 11) is 1.69. The molecule has 9 heteroatoms. The van der Waals surface area contributed by atoms with Crippen LogP contribution in [-0.4, -0.2) is 77.7 Å². The number of carbonyl (C=O) groups excluding carboxylic acids is 1. The van der Waals surface area contributed by atoms with Crippen LogP contribution in [0.2, 0.25) is 0 Å². The molecule has 2 aromatic carbocycles. The number of amides is 1. The number of carboxylic acid groups (broad SMARTS) is 2. The second-order valence-electron chi connectivity index (χ2n) is 8.79. The van der Waals surface area contributed by atoms with Gasteiger partial charge in [0.1, 0.15) is 5.75 Å². The number of hydrogen-bond acceptors (Lipinski definition) is 6. The van der Waals surface area contributed by atoms with Gasteiger partial charge < -0.3 is 30.1 Å². The molecule has 2 aromatic rings. The quantitative estimate of drug-likeness (QED) is 0.454. The van der Waals surface area contributed by atoms with Crippen molar-refractivity contribution in [2.45, 2.75) is 19.4 Å². The van der Waals surface area contributed by atoms with Crippen LogP contribution in [0.4, 0.5) is 5.69 Å². The minimum Gasteiger partial charge on any atom is -0.497 e. The first-order chi connectivity index (χ1) is 17.4. The lowest BCUT2D eigenvalue weighted by atomic mass is 9.96. The number of anilines is 1. The molecule has 9 nitrogen and oxygen atoms in total. The smallest absolute Gasteiger partial charge is 0.328 e. The van der Waals surface area contributed by atoms with Gasteiger partial charge in [-0.3, -0.25) is 4.79 Å². The molecule has 2 aliphatic rings. The van der Waals surface area contributed by atoms with Gasteiger partial charge in [0.05, 0.1) is 7.11 Å². The summed E-state index contributed by atoms with van der Waals surface area (Å²) >= 11 is 0. The summed E-state index contributed by atoms with van der Waals surface area (Å²) in [4.78, 5) is 36.2. The molecule has 1 saturated heterocycles. The third-order valence-electron chi connectivity index (χ3n) is 6.30. The summed E-state index contributed by atoms with van der Waals surface area (Å²) in [6.45, 7) is 5.89. The molecule has 0 spiro atoms. The lowest BCUT2D eigenvalue weighted by Crippen LogP contribution is -2.40. The van der Waals surface area contributed by atoms with Gasteiger partial charge in [-0.25, -0.2) is 9.59 Å². The van der Waals surface area contributed by atoms with Crippen molar-refractivity contribution >= 4 is 23.5 Å². The van der Waals surface area contributed by atoms with Gasteiger partial charge >= 0.3 is 11.9 Å². The molecular formula is C27H33N3O6. The van der Waals surface area contributed by atoms with Crippen LogP contribution in [0, 0.1) is 5.92 Å². The van der Waals surface area contributed by atoms with Crippen LogP contribution in [0.3, 0.4) is 0 Å². The normalized spacial score (nSPS) is 15.8. The van der Waals surface area contributed by atoms with Crippen LogP contribution in [-0.2, 0) is 16.1 Å². The number of piperidine rings is 1. The highest BCUT2D eigenvalue weighted by molar-refractivity contribution is 5.98. The fourth-order valence-corrected chi connectivity index (χ4v) is 4.38. The van der Waals surface area contributed by atoms with Gasteiger partial charge in [0.25, 0.3) is 5.91 Å². The van der Waals surface area contributed by atoms with E-state index in [2.05, 4.69) is 28.4 Å². The number of carboxylic acids is 2. The number of aliphatic carboxylic acids is 2. The number of nitrogens with zero attached hydrogens (tertiary/aromatic N) is 2. The number of likely N-dealkylation sites (tertiary alicyclic amines) is 1. The zero-order valence-electron chi connectivity index (χ0n) is 20.4. The molecule has 0 atom stereocenters. The number of hydrogen-bond donors (Lipinski definition) is 3. The fourth-order valence-electron chi connectivity index (χ4n) is 4.38. The molecule has 0 bridgehead atoms. The van der Waals surface area contributed by atoms with E-state index in [1.165, 1.54) is 18.4 Å². The zero-order valence-corrected chi connectivity index (χ0v) is 20.4. The molecule has 2 heterocycles. The molecule has 0 radical (unpaired) electrons. The minimum absolute atomic E-state index is 0.210. The van der Waals surface area contributed by atoms with E-state index in [9.17, 15) is 14.4 Å². The first-order valence-corrected chi connectivity index (χ1v) is 12.0. The predicted molar refractivity (Wildman–Crippen MR) is 136 cm³/mol. The Balaban J connectivity index is 0.000000392. The Morgan fingerprint density at radius 1 is 1.03 bits per heavy atom. The fraction of sp³-hybridized carbons (Fsp3) is 0.370. The van der Waals surface area contributed by atoms with Gasteiger partial charge in [-0.1, -0.05) is 18.2 Å². The Labute approximate surface area is 211 Å². The summed E-state index contributed by atoms with van der Waals surface area (Å²) in [6, 6.07) is 16.1. The zero-order chi connectivity index (χ0) is 25.9. The Morgan fingerprint density at radius 3 is 2.25 bits per heavy atom. The Kier molecular flexibility index (Phi) is 9.88. The van der Waals surface area contributed by atoms with Crippen molar-refractivity contribution in [1.82, 2.24) is 9.80 Å². The average Bonchev–Trinajstić information content (AvgIpc) is 3.20. The lowest BCUT2D eigenvalue weighted by Gasteiger charge is -2.33. The topological polar surface area (TPSA) is 119 Å². The summed E-state index contributed by atoms with van der Waals surface area (Å²) in [5, 5.41) is 19.1. The van der Waals surface area contributed by atoms with Gasteiger partial charge in [-0.15, -0.1) is 0 Å². The molecule has 0 aliphatic carbocycles. The predicted octanol–water partition coefficient (Wildman–Crippen LogP) is 3.19. The molecule has 3 N–H and O–H groups in total. The number of rotatable bonds is 9. The van der Waals surface area contributed by atoms with Gasteiger partial charge in [-0.05, 0) is 67.7 Å². The lowest BCUT2D eigenvalue weighted by molar-refractivity contribution is -0.134. The minimum atomic E-state index is -1.26. The Morgan fingerprint density at radius 2 is 1.67 bits per heavy atom. The molecule has 192 valence electrons. The van der Waals surface area contributed by atoms with E-state index in [4.69, 9.17) is 14.9 Å². The first kappa shape index (κ1) is 26.7. The number of ether oxygens (including phenoxy) is 1. The van der Waals surface area contributed by atoms with Crippen LogP contribution in [0.5, 0.6) is 5.75 Å². The first-order valence-electron chi connectivity index (χ1n) is 12.0. The number of fused-ring (bicyclic) bond motifs is 1. The largest absolute Gasteiger partial charge is 0.497 e. The number of carbonyl (C=O) groups is 3. The standard InChI is InChI=1S/C23H29N3O2.C4H4O4/c1-28-21-8-6-20(7-9-21)24-12-15-25-13-10-18(11-14-25)16-26-17-19-4-2-3-5-22(19)23(26)27;5-3(6)1-2-4(7)8/h2-9,18,24H,10-17H2,1H3;1-2H,(H,5,6)(H,7,8)/b;2-1+. The third-order valence-corrected chi connectivity index (χ3v) is 6.30. The van der Waals surface area contributed by atoms with Crippen LogP contribution in [0.1, 0.15) is 28.8 Å². The average molecular weight is 496 g/mol. The highest BCUT2D eigenvalue weighted by Crippen LogP contribution is 2.26. The van der Waals surface area contributed by atoms with Gasteiger partial charge in [0, 0.05) is 49.6 Å². The van der Waals surface area contributed by atoms with Crippen molar-refractivity contribution in [2.75, 3.05) is 45.2 Å². The molecule has 0 aromatic heterocycles. The van der Waals surface area contributed by atoms with E-state index >= 15 is 0 Å². The van der Waals surface area contributed by atoms with E-state index in [-0.39, 0.29) is 5.91 Å². The second kappa shape index (κ2) is 13.3. The number of methoxy groups -OCH3 is 1. The van der Waals surface area contributed by atoms with E-state index < -0.39 is 11.9 Å². The van der Waals surface area contributed by atoms with Crippen molar-refractivity contribution in [3.05, 3.63) is 71.8 Å². The summed E-state index contributed by atoms with van der Waals surface area (Å²) in [5.41, 5.74) is 3.20. The molecule has 1 amide bonds. The van der Waals surface area contributed by atoms with Gasteiger partial charge in [0.2, 0.25) is 0 Å². The third kappa shape index (κ3) is 8.13. The maximum atomic E-state index is 12.6. The number of nitrogens with one attached hydrogen (secondary N) is 1. The maximum Gasteiger partial charge on any atom is 0.328 e. The molecule has 1 fully saturated rings. The SMILES string of the molecule is COc1ccc(NCCN2CCC(CN3Cc4ccccc4C3=O)CC2)cc1.O=C(O)/C=C/C(=O)O. The van der Waals surface area contributed by atoms with Crippen molar-refractivity contribution in [3.8, 4) is 5.75 Å². The molecule has 4 rings (SSSR count). The number of benzene rings is 2. The van der Waals surface area contributed by atoms with E-state index in [1.54, 1.807) is 7.11 Å². The highest BCUT2D eigenvalue weighted by Gasteiger charge is 2.29. The second-order valence-corrected chi connectivity index (χ2v) is 8.79. The van der Waals surface area contributed by atoms with Crippen molar-refractivity contribution < 1.29 is 29.3 Å². The highest BCUT2D eigenvalue weighted by atomic mass is 16.5. The van der Waals surface area contributed by atoms with Crippen LogP contribution >= 0.6 is 0 Å². The van der Waals surface area contributed by atoms with Crippen molar-refractivity contribution in [3.63, 3.8) is 0 Å². The Hall–Kier alpha value is -3.85. The molecule has 36 heavy (non-hydrogen) atoms. The van der Waals surface area contributed by atoms with Crippen LogP contribution < -0.4 is 10.1 Å². The van der Waals surface area contributed by atoms with E-state index in [1.807, 2.05) is 35.2 Å². The van der Waals surface area contributed by atoms with Crippen LogP contribution in [0.25, 0.3) is 0 Å². The molecule has 2 aliphatic heterocycles.